The molecule has 0 amide bonds. The Morgan fingerprint density at radius 1 is 0.524 bits per heavy atom. The third-order valence-corrected chi connectivity index (χ3v) is 8.51. The lowest BCUT2D eigenvalue weighted by molar-refractivity contribution is -0.172. The highest BCUT2D eigenvalue weighted by Crippen LogP contribution is 2.29. The molecule has 6 nitrogen and oxygen atoms in total. The molecular weight excluding hydrogens is 526 g/mol. The molecule has 0 unspecified atom stereocenters. The average molecular weight is 598 g/mol. The van der Waals surface area contributed by atoms with Crippen molar-refractivity contribution in [1.82, 2.24) is 4.90 Å². The van der Waals surface area contributed by atoms with Gasteiger partial charge in [0.25, 0.3) is 0 Å². The Kier molecular flexibility index (Phi) is 29.1. The minimum Gasteiger partial charge on any atom is -0.465 e. The van der Waals surface area contributed by atoms with E-state index in [9.17, 15) is 14.7 Å². The van der Waals surface area contributed by atoms with Crippen molar-refractivity contribution in [1.29, 1.82) is 0 Å². The van der Waals surface area contributed by atoms with E-state index in [2.05, 4.69) is 25.7 Å². The zero-order valence-corrected chi connectivity index (χ0v) is 28.5. The van der Waals surface area contributed by atoms with Crippen molar-refractivity contribution in [3.05, 3.63) is 0 Å². The Hall–Kier alpha value is -1.14. The number of carbonyl (C=O) groups is 2. The second kappa shape index (κ2) is 29.9. The fourth-order valence-electron chi connectivity index (χ4n) is 5.46. The molecule has 1 N–H and O–H groups in total. The molecule has 0 atom stereocenters. The molecule has 0 saturated heterocycles. The van der Waals surface area contributed by atoms with E-state index in [4.69, 9.17) is 9.47 Å². The van der Waals surface area contributed by atoms with Gasteiger partial charge in [-0.25, -0.2) is 0 Å². The van der Waals surface area contributed by atoms with Gasteiger partial charge in [-0.05, 0) is 52.1 Å². The van der Waals surface area contributed by atoms with Gasteiger partial charge in [-0.2, -0.15) is 0 Å². The van der Waals surface area contributed by atoms with Crippen LogP contribution in [0, 0.1) is 5.41 Å². The maximum atomic E-state index is 13.2. The Morgan fingerprint density at radius 3 is 1.29 bits per heavy atom. The number of aliphatic hydroxyl groups is 1. The lowest BCUT2D eigenvalue weighted by Crippen LogP contribution is -2.39. The lowest BCUT2D eigenvalue weighted by atomic mass is 9.84. The van der Waals surface area contributed by atoms with Crippen molar-refractivity contribution in [2.75, 3.05) is 39.5 Å². The number of aliphatic hydroxyl groups excluding tert-OH is 1. The highest BCUT2D eigenvalue weighted by molar-refractivity contribution is 5.99. The van der Waals surface area contributed by atoms with E-state index in [0.717, 1.165) is 83.8 Å². The summed E-state index contributed by atoms with van der Waals surface area (Å²) in [5.41, 5.74) is -1.23. The minimum atomic E-state index is -1.23. The van der Waals surface area contributed by atoms with E-state index in [0.29, 0.717) is 19.6 Å². The van der Waals surface area contributed by atoms with E-state index < -0.39 is 17.4 Å². The molecule has 0 bridgehead atoms. The van der Waals surface area contributed by atoms with E-state index in [-0.39, 0.29) is 6.61 Å². The van der Waals surface area contributed by atoms with Crippen LogP contribution in [0.4, 0.5) is 0 Å². The zero-order valence-electron chi connectivity index (χ0n) is 28.5. The number of nitrogens with zero attached hydrogens (tertiary/aromatic N) is 1. The normalized spacial score (nSPS) is 11.8. The SMILES string of the molecule is CCCCCCCCOC(=O)C(C)(CCCCCCN(CCO)CCCCCCCC)C(=O)OCCCCCCCC. The van der Waals surface area contributed by atoms with Crippen LogP contribution in [0.25, 0.3) is 0 Å². The Morgan fingerprint density at radius 2 is 0.881 bits per heavy atom. The molecule has 0 radical (unpaired) electrons. The van der Waals surface area contributed by atoms with Crippen molar-refractivity contribution >= 4 is 11.9 Å². The summed E-state index contributed by atoms with van der Waals surface area (Å²) >= 11 is 0. The van der Waals surface area contributed by atoms with Gasteiger partial charge >= 0.3 is 11.9 Å². The first-order valence-corrected chi connectivity index (χ1v) is 18.1. The second-order valence-corrected chi connectivity index (χ2v) is 12.6. The quantitative estimate of drug-likeness (QED) is 0.0473. The second-order valence-electron chi connectivity index (χ2n) is 12.6. The Bertz CT molecular complexity index is 582. The standard InChI is InChI=1S/C36H71NO5/c1-5-8-11-14-18-23-28-37(30-31-38)29-24-19-17-22-27-36(4,34(39)41-32-25-20-15-12-9-6-2)35(40)42-33-26-21-16-13-10-7-3/h38H,5-33H2,1-4H3. The smallest absolute Gasteiger partial charge is 0.323 e. The molecule has 0 saturated carbocycles. The number of unbranched alkanes of at least 4 members (excludes halogenated alkanes) is 18. The largest absolute Gasteiger partial charge is 0.465 e. The minimum absolute atomic E-state index is 0.204. The molecule has 0 aliphatic carbocycles. The first-order chi connectivity index (χ1) is 20.5. The van der Waals surface area contributed by atoms with Gasteiger partial charge in [0.15, 0.2) is 5.41 Å². The van der Waals surface area contributed by atoms with Gasteiger partial charge in [0.05, 0.1) is 19.8 Å². The van der Waals surface area contributed by atoms with Crippen molar-refractivity contribution in [3.63, 3.8) is 0 Å². The van der Waals surface area contributed by atoms with Crippen LogP contribution in [0.5, 0.6) is 0 Å². The maximum absolute atomic E-state index is 13.2. The summed E-state index contributed by atoms with van der Waals surface area (Å²) in [6.07, 6.45) is 25.6. The number of hydrogen-bond acceptors (Lipinski definition) is 6. The summed E-state index contributed by atoms with van der Waals surface area (Å²) in [7, 11) is 0. The maximum Gasteiger partial charge on any atom is 0.323 e. The van der Waals surface area contributed by atoms with Crippen LogP contribution < -0.4 is 0 Å². The molecule has 6 heteroatoms. The third kappa shape index (κ3) is 22.4. The van der Waals surface area contributed by atoms with Crippen molar-refractivity contribution in [2.45, 2.75) is 175 Å². The van der Waals surface area contributed by atoms with Gasteiger partial charge in [-0.3, -0.25) is 9.59 Å². The molecule has 0 aliphatic heterocycles. The Balaban J connectivity index is 4.61. The first-order valence-electron chi connectivity index (χ1n) is 18.1. The third-order valence-electron chi connectivity index (χ3n) is 8.51. The highest BCUT2D eigenvalue weighted by Gasteiger charge is 2.43. The predicted octanol–water partition coefficient (Wildman–Crippen LogP) is 9.41. The molecule has 0 aliphatic rings. The van der Waals surface area contributed by atoms with Crippen molar-refractivity contribution in [3.8, 4) is 0 Å². The predicted molar refractivity (Wildman–Crippen MR) is 177 cm³/mol. The molecule has 250 valence electrons. The first kappa shape index (κ1) is 40.9. The molecule has 0 aromatic rings. The van der Waals surface area contributed by atoms with Gasteiger partial charge in [0.2, 0.25) is 0 Å². The number of hydrogen-bond donors (Lipinski definition) is 1. The molecule has 0 heterocycles. The lowest BCUT2D eigenvalue weighted by Gasteiger charge is -2.25. The summed E-state index contributed by atoms with van der Waals surface area (Å²) in [6, 6.07) is 0. The van der Waals surface area contributed by atoms with Crippen LogP contribution in [0.3, 0.4) is 0 Å². The summed E-state index contributed by atoms with van der Waals surface area (Å²) in [6.45, 7) is 12.1. The molecule has 0 fully saturated rings. The van der Waals surface area contributed by atoms with E-state index in [1.54, 1.807) is 6.92 Å². The topological polar surface area (TPSA) is 76.1 Å². The summed E-state index contributed by atoms with van der Waals surface area (Å²) in [4.78, 5) is 28.7. The van der Waals surface area contributed by atoms with Crippen LogP contribution in [-0.4, -0.2) is 61.4 Å². The van der Waals surface area contributed by atoms with Crippen molar-refractivity contribution < 1.29 is 24.2 Å². The Labute approximate surface area is 261 Å². The van der Waals surface area contributed by atoms with Gasteiger partial charge in [-0.1, -0.05) is 136 Å². The van der Waals surface area contributed by atoms with Gasteiger partial charge in [0.1, 0.15) is 0 Å². The van der Waals surface area contributed by atoms with E-state index in [1.165, 1.54) is 77.0 Å². The average Bonchev–Trinajstić information content (AvgIpc) is 2.99. The van der Waals surface area contributed by atoms with Gasteiger partial charge < -0.3 is 19.5 Å². The summed E-state index contributed by atoms with van der Waals surface area (Å²) in [5.74, 6) is -0.839. The van der Waals surface area contributed by atoms with Crippen LogP contribution in [0.2, 0.25) is 0 Å². The fourth-order valence-corrected chi connectivity index (χ4v) is 5.46. The highest BCUT2D eigenvalue weighted by atomic mass is 16.6. The molecule has 0 spiro atoms. The van der Waals surface area contributed by atoms with Crippen LogP contribution >= 0.6 is 0 Å². The van der Waals surface area contributed by atoms with E-state index in [1.807, 2.05) is 0 Å². The van der Waals surface area contributed by atoms with E-state index >= 15 is 0 Å². The molecule has 0 rings (SSSR count). The zero-order chi connectivity index (χ0) is 31.2. The summed E-state index contributed by atoms with van der Waals surface area (Å²) < 4.78 is 11.3. The monoisotopic (exact) mass is 598 g/mol. The van der Waals surface area contributed by atoms with Gasteiger partial charge in [-0.15, -0.1) is 0 Å². The van der Waals surface area contributed by atoms with Crippen LogP contribution in [0.15, 0.2) is 0 Å². The van der Waals surface area contributed by atoms with Crippen LogP contribution in [-0.2, 0) is 19.1 Å². The number of rotatable bonds is 32. The van der Waals surface area contributed by atoms with Crippen molar-refractivity contribution in [2.24, 2.45) is 5.41 Å². The molecule has 0 aromatic heterocycles. The molecule has 0 aromatic carbocycles. The molecule has 42 heavy (non-hydrogen) atoms. The van der Waals surface area contributed by atoms with Gasteiger partial charge in [0, 0.05) is 6.54 Å². The number of carbonyl (C=O) groups excluding carboxylic acids is 2. The summed E-state index contributed by atoms with van der Waals surface area (Å²) in [5, 5.41) is 9.47. The van der Waals surface area contributed by atoms with Crippen LogP contribution in [0.1, 0.15) is 175 Å². The fraction of sp³-hybridized carbons (Fsp3) is 0.944. The number of ether oxygens (including phenoxy) is 2. The number of esters is 2. The molecular formula is C36H71NO5.